The number of anilines is 1. The zero-order valence-corrected chi connectivity index (χ0v) is 17.8. The number of hydrogen-bond donors (Lipinski definition) is 1. The first-order chi connectivity index (χ1) is 12.5. The number of esters is 1. The molecule has 0 saturated heterocycles. The van der Waals surface area contributed by atoms with Crippen LogP contribution in [0.3, 0.4) is 0 Å². The van der Waals surface area contributed by atoms with E-state index >= 15 is 0 Å². The second kappa shape index (κ2) is 8.65. The average Bonchev–Trinajstić information content (AvgIpc) is 2.66. The standard InChI is InChI=1S/C19H18ClIN2O2S/c1-2-25-19(24)17(21)15-11-26-16-9-4-3-8-14(16)18(15)23(22)13-7-5-6-12(20)10-13/h3-10,17H,2,11,22H2,1H3. The zero-order valence-electron chi connectivity index (χ0n) is 14.1. The average molecular weight is 501 g/mol. The van der Waals surface area contributed by atoms with Crippen LogP contribution in [0.15, 0.2) is 59.0 Å². The summed E-state index contributed by atoms with van der Waals surface area (Å²) in [7, 11) is 0. The van der Waals surface area contributed by atoms with E-state index in [2.05, 4.69) is 28.7 Å². The normalized spacial score (nSPS) is 14.6. The lowest BCUT2D eigenvalue weighted by atomic mass is 10.0. The summed E-state index contributed by atoms with van der Waals surface area (Å²) in [5, 5.41) is 2.22. The van der Waals surface area contributed by atoms with Crippen molar-refractivity contribution in [1.29, 1.82) is 0 Å². The van der Waals surface area contributed by atoms with Gasteiger partial charge in [0.1, 0.15) is 3.92 Å². The molecule has 0 fully saturated rings. The lowest BCUT2D eigenvalue weighted by molar-refractivity contribution is -0.141. The number of nitrogens with zero attached hydrogens (tertiary/aromatic N) is 1. The van der Waals surface area contributed by atoms with Gasteiger partial charge in [0.2, 0.25) is 0 Å². The molecule has 1 atom stereocenters. The third-order valence-electron chi connectivity index (χ3n) is 3.96. The fourth-order valence-corrected chi connectivity index (χ4v) is 5.06. The summed E-state index contributed by atoms with van der Waals surface area (Å²) in [6.07, 6.45) is 0. The third-order valence-corrected chi connectivity index (χ3v) is 6.57. The van der Waals surface area contributed by atoms with Crippen LogP contribution in [0.25, 0.3) is 5.70 Å². The zero-order chi connectivity index (χ0) is 18.7. The van der Waals surface area contributed by atoms with Gasteiger partial charge < -0.3 is 4.74 Å². The number of halogens is 2. The predicted octanol–water partition coefficient (Wildman–Crippen LogP) is 4.90. The van der Waals surface area contributed by atoms with Gasteiger partial charge in [0, 0.05) is 21.2 Å². The van der Waals surface area contributed by atoms with Gasteiger partial charge >= 0.3 is 5.97 Å². The molecule has 4 nitrogen and oxygen atoms in total. The van der Waals surface area contributed by atoms with Crippen molar-refractivity contribution < 1.29 is 9.53 Å². The highest BCUT2D eigenvalue weighted by Gasteiger charge is 2.31. The molecule has 0 spiro atoms. The van der Waals surface area contributed by atoms with E-state index in [1.807, 2.05) is 43.3 Å². The summed E-state index contributed by atoms with van der Waals surface area (Å²) in [5.74, 6) is 6.93. The van der Waals surface area contributed by atoms with Crippen LogP contribution < -0.4 is 10.9 Å². The van der Waals surface area contributed by atoms with Crippen LogP contribution in [0.4, 0.5) is 5.69 Å². The van der Waals surface area contributed by atoms with Gasteiger partial charge in [-0.05, 0) is 36.8 Å². The van der Waals surface area contributed by atoms with Crippen molar-refractivity contribution in [2.45, 2.75) is 15.7 Å². The molecule has 0 aromatic heterocycles. The molecule has 2 aromatic carbocycles. The molecule has 0 saturated carbocycles. The van der Waals surface area contributed by atoms with Gasteiger partial charge in [-0.15, -0.1) is 11.8 Å². The van der Waals surface area contributed by atoms with Crippen LogP contribution >= 0.6 is 46.0 Å². The molecule has 2 N–H and O–H groups in total. The fourth-order valence-electron chi connectivity index (χ4n) is 2.78. The molecule has 3 rings (SSSR count). The van der Waals surface area contributed by atoms with Crippen molar-refractivity contribution in [3.63, 3.8) is 0 Å². The van der Waals surface area contributed by atoms with Gasteiger partial charge in [0.15, 0.2) is 0 Å². The molecule has 1 unspecified atom stereocenters. The van der Waals surface area contributed by atoms with E-state index in [1.165, 1.54) is 0 Å². The molecule has 0 aliphatic carbocycles. The third kappa shape index (κ3) is 4.03. The Labute approximate surface area is 175 Å². The number of benzene rings is 2. The summed E-state index contributed by atoms with van der Waals surface area (Å²) in [4.78, 5) is 13.5. The van der Waals surface area contributed by atoms with Crippen molar-refractivity contribution >= 4 is 63.3 Å². The maximum Gasteiger partial charge on any atom is 0.323 e. The number of alkyl halides is 1. The number of carbonyl (C=O) groups excluding carboxylic acids is 1. The first-order valence-corrected chi connectivity index (χ1v) is 10.7. The van der Waals surface area contributed by atoms with Crippen molar-refractivity contribution in [2.24, 2.45) is 5.84 Å². The molecule has 0 radical (unpaired) electrons. The summed E-state index contributed by atoms with van der Waals surface area (Å²) >= 11 is 9.97. The molecule has 7 heteroatoms. The number of hydrogen-bond acceptors (Lipinski definition) is 5. The Hall–Kier alpha value is -1.22. The highest BCUT2D eigenvalue weighted by atomic mass is 127. The highest BCUT2D eigenvalue weighted by molar-refractivity contribution is 14.1. The monoisotopic (exact) mass is 500 g/mol. The molecule has 2 aromatic rings. The Balaban J connectivity index is 2.12. The number of fused-ring (bicyclic) bond motifs is 1. The van der Waals surface area contributed by atoms with Gasteiger partial charge in [-0.25, -0.2) is 5.84 Å². The number of nitrogens with two attached hydrogens (primary N) is 1. The Morgan fingerprint density at radius 3 is 2.85 bits per heavy atom. The number of ether oxygens (including phenoxy) is 1. The molecule has 26 heavy (non-hydrogen) atoms. The Morgan fingerprint density at radius 2 is 2.12 bits per heavy atom. The van der Waals surface area contributed by atoms with Crippen LogP contribution in [-0.4, -0.2) is 22.3 Å². The van der Waals surface area contributed by atoms with Crippen LogP contribution in [-0.2, 0) is 9.53 Å². The lowest BCUT2D eigenvalue weighted by Gasteiger charge is -2.31. The van der Waals surface area contributed by atoms with Gasteiger partial charge in [0.05, 0.1) is 18.0 Å². The summed E-state index contributed by atoms with van der Waals surface area (Å²) in [5.41, 5.74) is 3.54. The molecule has 136 valence electrons. The van der Waals surface area contributed by atoms with Gasteiger partial charge in [0.25, 0.3) is 0 Å². The highest BCUT2D eigenvalue weighted by Crippen LogP contribution is 2.42. The Kier molecular flexibility index (Phi) is 6.50. The first kappa shape index (κ1) is 19.5. The SMILES string of the molecule is CCOC(=O)C(I)C1=C(N(N)c2cccc(Cl)c2)c2ccccc2SC1. The largest absolute Gasteiger partial charge is 0.465 e. The van der Waals surface area contributed by atoms with Gasteiger partial charge in [-0.1, -0.05) is 58.5 Å². The predicted molar refractivity (Wildman–Crippen MR) is 117 cm³/mol. The Morgan fingerprint density at radius 1 is 1.35 bits per heavy atom. The number of thioether (sulfide) groups is 1. The summed E-state index contributed by atoms with van der Waals surface area (Å²) in [6.45, 7) is 2.16. The Bertz CT molecular complexity index is 859. The molecule has 1 aliphatic heterocycles. The van der Waals surface area contributed by atoms with Crippen LogP contribution in [0, 0.1) is 0 Å². The van der Waals surface area contributed by atoms with E-state index < -0.39 is 3.92 Å². The first-order valence-electron chi connectivity index (χ1n) is 8.09. The summed E-state index contributed by atoms with van der Waals surface area (Å²) in [6, 6.07) is 15.4. The van der Waals surface area contributed by atoms with Crippen molar-refractivity contribution in [3.05, 3.63) is 64.7 Å². The van der Waals surface area contributed by atoms with Crippen molar-refractivity contribution in [1.82, 2.24) is 0 Å². The van der Waals surface area contributed by atoms with Crippen LogP contribution in [0.5, 0.6) is 0 Å². The van der Waals surface area contributed by atoms with E-state index in [1.54, 1.807) is 22.8 Å². The van der Waals surface area contributed by atoms with E-state index in [9.17, 15) is 4.79 Å². The van der Waals surface area contributed by atoms with Crippen molar-refractivity contribution in [2.75, 3.05) is 17.4 Å². The molecule has 0 bridgehead atoms. The second-order valence-electron chi connectivity index (χ2n) is 5.62. The molecule has 1 heterocycles. The fraction of sp³-hybridized carbons (Fsp3) is 0.211. The topological polar surface area (TPSA) is 55.6 Å². The minimum Gasteiger partial charge on any atom is -0.465 e. The minimum absolute atomic E-state index is 0.250. The number of hydrazine groups is 1. The van der Waals surface area contributed by atoms with Crippen LogP contribution in [0.1, 0.15) is 12.5 Å². The van der Waals surface area contributed by atoms with E-state index in [4.69, 9.17) is 22.2 Å². The maximum absolute atomic E-state index is 12.4. The molecular weight excluding hydrogens is 483 g/mol. The minimum atomic E-state index is -0.409. The van der Waals surface area contributed by atoms with Crippen LogP contribution in [0.2, 0.25) is 5.02 Å². The van der Waals surface area contributed by atoms with Gasteiger partial charge in [-0.3, -0.25) is 9.80 Å². The van der Waals surface area contributed by atoms with E-state index in [-0.39, 0.29) is 5.97 Å². The molecule has 1 aliphatic rings. The number of rotatable bonds is 5. The second-order valence-corrected chi connectivity index (χ2v) is 8.32. The smallest absolute Gasteiger partial charge is 0.323 e. The summed E-state index contributed by atoms with van der Waals surface area (Å²) < 4.78 is 4.82. The van der Waals surface area contributed by atoms with Crippen molar-refractivity contribution in [3.8, 4) is 0 Å². The maximum atomic E-state index is 12.4. The van der Waals surface area contributed by atoms with Gasteiger partial charge in [-0.2, -0.15) is 0 Å². The van der Waals surface area contributed by atoms with E-state index in [0.717, 1.165) is 27.4 Å². The van der Waals surface area contributed by atoms with E-state index in [0.29, 0.717) is 17.4 Å². The molecular formula is C19H18ClIN2O2S. The number of carbonyl (C=O) groups is 1. The molecule has 0 amide bonds. The quantitative estimate of drug-likeness (QED) is 0.208. The lowest BCUT2D eigenvalue weighted by Crippen LogP contribution is -2.34.